The first-order valence-corrected chi connectivity index (χ1v) is 7.31. The van der Waals surface area contributed by atoms with Gasteiger partial charge in [0.15, 0.2) is 0 Å². The molecule has 3 aromatic rings. The van der Waals surface area contributed by atoms with E-state index in [2.05, 4.69) is 22.2 Å². The van der Waals surface area contributed by atoms with Gasteiger partial charge in [-0.25, -0.2) is 9.37 Å². The number of nitrogens with zero attached hydrogens (tertiary/aromatic N) is 3. The van der Waals surface area contributed by atoms with Crippen LogP contribution in [0.5, 0.6) is 0 Å². The summed E-state index contributed by atoms with van der Waals surface area (Å²) in [7, 11) is 2.00. The molecule has 2 heterocycles. The van der Waals surface area contributed by atoms with Crippen molar-refractivity contribution in [3.8, 4) is 0 Å². The van der Waals surface area contributed by atoms with Gasteiger partial charge in [-0.05, 0) is 48.7 Å². The van der Waals surface area contributed by atoms with Gasteiger partial charge < -0.3 is 4.57 Å². The zero-order chi connectivity index (χ0) is 15.5. The summed E-state index contributed by atoms with van der Waals surface area (Å²) in [6.45, 7) is 2.59. The Morgan fingerprint density at radius 2 is 2.14 bits per heavy atom. The first kappa shape index (κ1) is 14.4. The maximum Gasteiger partial charge on any atom is 0.139 e. The summed E-state index contributed by atoms with van der Waals surface area (Å²) in [5.41, 5.74) is 3.92. The van der Waals surface area contributed by atoms with Crippen LogP contribution >= 0.6 is 0 Å². The van der Waals surface area contributed by atoms with Gasteiger partial charge in [0.1, 0.15) is 11.5 Å². The minimum atomic E-state index is -0.229. The summed E-state index contributed by atoms with van der Waals surface area (Å²) in [4.78, 5) is 8.95. The van der Waals surface area contributed by atoms with Crippen molar-refractivity contribution in [2.75, 3.05) is 6.54 Å². The molecular weight excluding hydrogens is 277 g/mol. The molecule has 4 heteroatoms. The highest BCUT2D eigenvalue weighted by Gasteiger charge is 2.06. The second kappa shape index (κ2) is 6.10. The van der Waals surface area contributed by atoms with Crippen molar-refractivity contribution in [3.63, 3.8) is 0 Å². The van der Waals surface area contributed by atoms with E-state index in [-0.39, 0.29) is 5.82 Å². The number of hydrogen-bond donors (Lipinski definition) is 0. The quantitative estimate of drug-likeness (QED) is 0.674. The Kier molecular flexibility index (Phi) is 4.00. The van der Waals surface area contributed by atoms with Crippen molar-refractivity contribution < 1.29 is 4.39 Å². The molecule has 0 saturated heterocycles. The molecule has 1 aromatic carbocycles. The van der Waals surface area contributed by atoms with Gasteiger partial charge in [0.25, 0.3) is 0 Å². The largest absolute Gasteiger partial charge is 0.335 e. The molecule has 0 unspecified atom stereocenters. The zero-order valence-corrected chi connectivity index (χ0v) is 12.8. The third-order valence-corrected chi connectivity index (χ3v) is 3.79. The Morgan fingerprint density at radius 1 is 1.27 bits per heavy atom. The van der Waals surface area contributed by atoms with Crippen LogP contribution in [0.4, 0.5) is 4.39 Å². The van der Waals surface area contributed by atoms with Crippen molar-refractivity contribution in [1.29, 1.82) is 0 Å². The molecule has 0 spiro atoms. The molecule has 0 radical (unpaired) electrons. The Hall–Kier alpha value is -2.49. The van der Waals surface area contributed by atoms with Gasteiger partial charge in [0, 0.05) is 37.1 Å². The van der Waals surface area contributed by atoms with E-state index in [1.54, 1.807) is 12.3 Å². The Morgan fingerprint density at radius 3 is 2.95 bits per heavy atom. The predicted molar refractivity (Wildman–Crippen MR) is 87.9 cm³/mol. The van der Waals surface area contributed by atoms with Gasteiger partial charge in [-0.1, -0.05) is 12.1 Å². The van der Waals surface area contributed by atoms with Crippen LogP contribution in [-0.2, 0) is 13.5 Å². The van der Waals surface area contributed by atoms with E-state index in [9.17, 15) is 4.39 Å². The van der Waals surface area contributed by atoms with E-state index in [0.717, 1.165) is 23.3 Å². The van der Waals surface area contributed by atoms with Crippen LogP contribution in [0, 0.1) is 5.82 Å². The molecule has 112 valence electrons. The number of rotatable bonds is 4. The lowest BCUT2D eigenvalue weighted by Gasteiger charge is -2.01. The van der Waals surface area contributed by atoms with Gasteiger partial charge in [0.05, 0.1) is 0 Å². The van der Waals surface area contributed by atoms with Crippen LogP contribution in [0.15, 0.2) is 53.8 Å². The molecule has 22 heavy (non-hydrogen) atoms. The average Bonchev–Trinajstić information content (AvgIpc) is 2.84. The van der Waals surface area contributed by atoms with Crippen molar-refractivity contribution >= 4 is 16.7 Å². The van der Waals surface area contributed by atoms with Gasteiger partial charge in [-0.3, -0.25) is 4.99 Å². The highest BCUT2D eigenvalue weighted by molar-refractivity contribution is 5.98. The number of halogens is 1. The van der Waals surface area contributed by atoms with E-state index in [0.29, 0.717) is 6.54 Å². The molecule has 0 aliphatic heterocycles. The molecule has 0 aliphatic rings. The number of hydrogen-bond acceptors (Lipinski definition) is 2. The van der Waals surface area contributed by atoms with Crippen LogP contribution in [0.3, 0.4) is 0 Å². The van der Waals surface area contributed by atoms with Crippen molar-refractivity contribution in [3.05, 3.63) is 65.7 Å². The molecule has 0 aliphatic carbocycles. The van der Waals surface area contributed by atoms with Crippen LogP contribution < -0.4 is 0 Å². The number of pyridine rings is 1. The van der Waals surface area contributed by atoms with Crippen LogP contribution in [0.2, 0.25) is 0 Å². The van der Waals surface area contributed by atoms with Gasteiger partial charge >= 0.3 is 0 Å². The van der Waals surface area contributed by atoms with Crippen molar-refractivity contribution in [2.24, 2.45) is 12.0 Å². The maximum atomic E-state index is 13.2. The summed E-state index contributed by atoms with van der Waals surface area (Å²) in [5, 5.41) is 1.17. The van der Waals surface area contributed by atoms with Crippen LogP contribution in [0.1, 0.15) is 18.1 Å². The summed E-state index contributed by atoms with van der Waals surface area (Å²) in [6.07, 6.45) is 4.75. The minimum absolute atomic E-state index is 0.229. The summed E-state index contributed by atoms with van der Waals surface area (Å²) >= 11 is 0. The lowest BCUT2D eigenvalue weighted by atomic mass is 10.1. The number of aryl methyl sites for hydroxylation is 1. The van der Waals surface area contributed by atoms with Gasteiger partial charge in [-0.15, -0.1) is 0 Å². The molecule has 0 amide bonds. The third-order valence-electron chi connectivity index (χ3n) is 3.79. The highest BCUT2D eigenvalue weighted by atomic mass is 19.1. The number of aliphatic imine (C=N–C) groups is 1. The Balaban J connectivity index is 1.76. The second-order valence-electron chi connectivity index (χ2n) is 5.37. The molecule has 0 atom stereocenters. The maximum absolute atomic E-state index is 13.2. The topological polar surface area (TPSA) is 30.2 Å². The highest BCUT2D eigenvalue weighted by Crippen LogP contribution is 2.18. The lowest BCUT2D eigenvalue weighted by molar-refractivity contribution is 0.627. The van der Waals surface area contributed by atoms with E-state index in [1.165, 1.54) is 23.1 Å². The first-order valence-electron chi connectivity index (χ1n) is 7.31. The zero-order valence-electron chi connectivity index (χ0n) is 12.8. The van der Waals surface area contributed by atoms with Crippen molar-refractivity contribution in [2.45, 2.75) is 13.3 Å². The fraction of sp³-hybridized carbons (Fsp3) is 0.222. The third kappa shape index (κ3) is 2.91. The molecule has 3 nitrogen and oxygen atoms in total. The number of aromatic nitrogens is 2. The molecule has 0 fully saturated rings. The smallest absolute Gasteiger partial charge is 0.139 e. The summed E-state index contributed by atoms with van der Waals surface area (Å²) in [5.74, 6) is -0.229. The first-order chi connectivity index (χ1) is 10.6. The normalized spacial score (nSPS) is 12.0. The molecular formula is C18H18FN3. The van der Waals surface area contributed by atoms with E-state index in [4.69, 9.17) is 0 Å². The van der Waals surface area contributed by atoms with E-state index < -0.39 is 0 Å². The number of fused-ring (bicyclic) bond motifs is 1. The SMILES string of the molecule is CC(=NCCc1cn(C)c2ncccc12)c1cccc(F)c1. The minimum Gasteiger partial charge on any atom is -0.335 e. The summed E-state index contributed by atoms with van der Waals surface area (Å²) < 4.78 is 15.3. The predicted octanol–water partition coefficient (Wildman–Crippen LogP) is 3.76. The van der Waals surface area contributed by atoms with Gasteiger partial charge in [-0.2, -0.15) is 0 Å². The van der Waals surface area contributed by atoms with E-state index >= 15 is 0 Å². The fourth-order valence-electron chi connectivity index (χ4n) is 2.64. The Bertz CT molecular complexity index is 833. The lowest BCUT2D eigenvalue weighted by Crippen LogP contribution is -1.98. The second-order valence-corrected chi connectivity index (χ2v) is 5.37. The van der Waals surface area contributed by atoms with E-state index in [1.807, 2.05) is 30.7 Å². The molecule has 2 aromatic heterocycles. The molecule has 0 bridgehead atoms. The van der Waals surface area contributed by atoms with Crippen LogP contribution in [0.25, 0.3) is 11.0 Å². The van der Waals surface area contributed by atoms with Crippen molar-refractivity contribution in [1.82, 2.24) is 9.55 Å². The monoisotopic (exact) mass is 295 g/mol. The average molecular weight is 295 g/mol. The molecule has 3 rings (SSSR count). The van der Waals surface area contributed by atoms with Gasteiger partial charge in [0.2, 0.25) is 0 Å². The van der Waals surface area contributed by atoms with Crippen LogP contribution in [-0.4, -0.2) is 21.8 Å². The molecule has 0 saturated carbocycles. The standard InChI is InChI=1S/C18H18FN3/c1-13(14-5-3-6-16(19)11-14)20-10-8-15-12-22(2)18-17(15)7-4-9-21-18/h3-7,9,11-12H,8,10H2,1-2H3. The Labute approximate surface area is 129 Å². The molecule has 0 N–H and O–H groups in total. The summed E-state index contributed by atoms with van der Waals surface area (Å²) in [6, 6.07) is 10.6. The fourth-order valence-corrected chi connectivity index (χ4v) is 2.64. The number of benzene rings is 1.